The zero-order valence-corrected chi connectivity index (χ0v) is 13.9. The molecular formula is C14H27NO3Si. The van der Waals surface area contributed by atoms with Gasteiger partial charge in [-0.2, -0.15) is 0 Å². The fourth-order valence-corrected chi connectivity index (χ4v) is 3.46. The predicted molar refractivity (Wildman–Crippen MR) is 79.4 cm³/mol. The molecule has 1 aliphatic rings. The van der Waals surface area contributed by atoms with Crippen LogP contribution >= 0.6 is 0 Å². The van der Waals surface area contributed by atoms with E-state index in [4.69, 9.17) is 4.43 Å². The van der Waals surface area contributed by atoms with Gasteiger partial charge in [0.15, 0.2) is 8.32 Å². The molecule has 4 nitrogen and oxygen atoms in total. The van der Waals surface area contributed by atoms with Crippen LogP contribution in [0.1, 0.15) is 27.7 Å². The zero-order chi connectivity index (χ0) is 15.1. The van der Waals surface area contributed by atoms with Gasteiger partial charge in [-0.1, -0.05) is 33.8 Å². The summed E-state index contributed by atoms with van der Waals surface area (Å²) < 4.78 is 6.37. The average Bonchev–Trinajstić information content (AvgIpc) is 2.52. The van der Waals surface area contributed by atoms with Crippen molar-refractivity contribution in [1.29, 1.82) is 0 Å². The molecule has 0 saturated carbocycles. The van der Waals surface area contributed by atoms with Crippen molar-refractivity contribution in [2.75, 3.05) is 6.61 Å². The van der Waals surface area contributed by atoms with E-state index in [1.165, 1.54) is 0 Å². The van der Waals surface area contributed by atoms with Crippen molar-refractivity contribution in [1.82, 2.24) is 5.32 Å². The van der Waals surface area contributed by atoms with Crippen LogP contribution in [0.5, 0.6) is 0 Å². The van der Waals surface area contributed by atoms with Gasteiger partial charge >= 0.3 is 0 Å². The molecular weight excluding hydrogens is 258 g/mol. The molecule has 2 N–H and O–H groups in total. The van der Waals surface area contributed by atoms with Gasteiger partial charge in [0.25, 0.3) is 0 Å². The predicted octanol–water partition coefficient (Wildman–Crippen LogP) is 2.06. The first-order valence-corrected chi connectivity index (χ1v) is 9.66. The van der Waals surface area contributed by atoms with E-state index in [0.717, 1.165) is 0 Å². The maximum atomic E-state index is 11.9. The summed E-state index contributed by atoms with van der Waals surface area (Å²) in [7, 11) is -2.01. The Kier molecular flexibility index (Phi) is 4.35. The van der Waals surface area contributed by atoms with Crippen LogP contribution in [0.25, 0.3) is 0 Å². The Hall–Kier alpha value is -0.653. The number of rotatable bonds is 4. The smallest absolute Gasteiger partial charge is 0.226 e. The highest BCUT2D eigenvalue weighted by Crippen LogP contribution is 2.41. The second-order valence-corrected chi connectivity index (χ2v) is 11.7. The van der Waals surface area contributed by atoms with E-state index < -0.39 is 13.9 Å². The van der Waals surface area contributed by atoms with Crippen LogP contribution in [0, 0.1) is 5.92 Å². The Labute approximate surface area is 117 Å². The van der Waals surface area contributed by atoms with Gasteiger partial charge in [-0.3, -0.25) is 4.79 Å². The molecule has 3 atom stereocenters. The number of hydrogen-bond donors (Lipinski definition) is 2. The quantitative estimate of drug-likeness (QED) is 0.614. The highest BCUT2D eigenvalue weighted by molar-refractivity contribution is 6.74. The summed E-state index contributed by atoms with van der Waals surface area (Å²) in [6.07, 6.45) is 1.25. The fraction of sp³-hybridized carbons (Fsp3) is 0.786. The lowest BCUT2D eigenvalue weighted by molar-refractivity contribution is -0.123. The first-order valence-electron chi connectivity index (χ1n) is 6.75. The largest absolute Gasteiger partial charge is 0.410 e. The van der Waals surface area contributed by atoms with E-state index in [9.17, 15) is 9.90 Å². The molecule has 0 bridgehead atoms. The van der Waals surface area contributed by atoms with Crippen molar-refractivity contribution in [2.45, 2.75) is 57.5 Å². The van der Waals surface area contributed by atoms with Crippen LogP contribution in [0.15, 0.2) is 12.7 Å². The molecule has 0 aromatic rings. The van der Waals surface area contributed by atoms with E-state index in [-0.39, 0.29) is 29.6 Å². The summed E-state index contributed by atoms with van der Waals surface area (Å²) in [5.74, 6) is -0.364. The summed E-state index contributed by atoms with van der Waals surface area (Å²) in [6.45, 7) is 16.2. The summed E-state index contributed by atoms with van der Waals surface area (Å²) in [5, 5.41) is 12.6. The maximum Gasteiger partial charge on any atom is 0.226 e. The van der Waals surface area contributed by atoms with E-state index >= 15 is 0 Å². The van der Waals surface area contributed by atoms with Crippen LogP contribution in [-0.4, -0.2) is 37.6 Å². The lowest BCUT2D eigenvalue weighted by atomic mass is 9.91. The molecule has 1 fully saturated rings. The van der Waals surface area contributed by atoms with Crippen LogP contribution in [0.3, 0.4) is 0 Å². The molecule has 0 spiro atoms. The summed E-state index contributed by atoms with van der Waals surface area (Å²) in [6, 6.07) is 0. The van der Waals surface area contributed by atoms with Crippen LogP contribution < -0.4 is 5.32 Å². The van der Waals surface area contributed by atoms with Gasteiger partial charge in [0.1, 0.15) is 5.54 Å². The van der Waals surface area contributed by atoms with Gasteiger partial charge < -0.3 is 14.8 Å². The van der Waals surface area contributed by atoms with Crippen LogP contribution in [-0.2, 0) is 9.22 Å². The standard InChI is InChI=1S/C14H27NO3Si/c1-8-14(9-16)11(10(2)12(17)15-14)18-19(6,7)13(3,4)5/h8,10-11,16H,1,9H2,2-7H3,(H,15,17)/t10-,11+,14-/m1/s1. The van der Waals surface area contributed by atoms with Gasteiger partial charge in [-0.25, -0.2) is 0 Å². The Balaban J connectivity index is 3.09. The second kappa shape index (κ2) is 5.03. The first-order chi connectivity index (χ1) is 8.50. The van der Waals surface area contributed by atoms with E-state index in [1.54, 1.807) is 6.08 Å². The normalized spacial score (nSPS) is 32.3. The van der Waals surface area contributed by atoms with Crippen molar-refractivity contribution in [3.05, 3.63) is 12.7 Å². The Morgan fingerprint density at radius 3 is 2.42 bits per heavy atom. The zero-order valence-electron chi connectivity index (χ0n) is 12.9. The minimum atomic E-state index is -2.01. The fourth-order valence-electron chi connectivity index (χ4n) is 2.06. The summed E-state index contributed by atoms with van der Waals surface area (Å²) in [5.41, 5.74) is -0.855. The van der Waals surface area contributed by atoms with Crippen molar-refractivity contribution in [3.8, 4) is 0 Å². The van der Waals surface area contributed by atoms with Gasteiger partial charge in [-0.05, 0) is 18.1 Å². The van der Waals surface area contributed by atoms with Crippen LogP contribution in [0.4, 0.5) is 0 Å². The molecule has 1 aliphatic heterocycles. The molecule has 1 heterocycles. The van der Waals surface area contributed by atoms with Gasteiger partial charge in [-0.15, -0.1) is 6.58 Å². The second-order valence-electron chi connectivity index (χ2n) is 6.98. The van der Waals surface area contributed by atoms with Crippen molar-refractivity contribution in [3.63, 3.8) is 0 Å². The number of carbonyl (C=O) groups excluding carboxylic acids is 1. The third kappa shape index (κ3) is 2.78. The van der Waals surface area contributed by atoms with Crippen molar-refractivity contribution in [2.24, 2.45) is 5.92 Å². The molecule has 5 heteroatoms. The molecule has 1 rings (SSSR count). The first kappa shape index (κ1) is 16.4. The van der Waals surface area contributed by atoms with E-state index in [1.807, 2.05) is 6.92 Å². The minimum absolute atomic E-state index is 0.0563. The summed E-state index contributed by atoms with van der Waals surface area (Å²) in [4.78, 5) is 11.9. The Morgan fingerprint density at radius 1 is 1.53 bits per heavy atom. The topological polar surface area (TPSA) is 58.6 Å². The number of nitrogens with one attached hydrogen (secondary N) is 1. The molecule has 0 aliphatic carbocycles. The maximum absolute atomic E-state index is 11.9. The molecule has 1 saturated heterocycles. The van der Waals surface area contributed by atoms with Gasteiger partial charge in [0, 0.05) is 0 Å². The lowest BCUT2D eigenvalue weighted by Crippen LogP contribution is -2.56. The molecule has 0 radical (unpaired) electrons. The highest BCUT2D eigenvalue weighted by Gasteiger charge is 2.53. The molecule has 0 aromatic heterocycles. The number of aliphatic hydroxyl groups excluding tert-OH is 1. The van der Waals surface area contributed by atoms with Gasteiger partial charge in [0.05, 0.1) is 18.6 Å². The van der Waals surface area contributed by atoms with Gasteiger partial charge in [0.2, 0.25) is 5.91 Å². The Morgan fingerprint density at radius 2 is 2.05 bits per heavy atom. The van der Waals surface area contributed by atoms with E-state index in [2.05, 4.69) is 45.8 Å². The molecule has 0 unspecified atom stereocenters. The summed E-state index contributed by atoms with van der Waals surface area (Å²) >= 11 is 0. The van der Waals surface area contributed by atoms with Crippen LogP contribution in [0.2, 0.25) is 18.1 Å². The van der Waals surface area contributed by atoms with Crippen molar-refractivity contribution < 1.29 is 14.3 Å². The molecule has 0 aromatic carbocycles. The third-order valence-electron chi connectivity index (χ3n) is 4.58. The average molecular weight is 285 g/mol. The number of carbonyl (C=O) groups is 1. The number of amides is 1. The highest BCUT2D eigenvalue weighted by atomic mass is 28.4. The molecule has 1 amide bonds. The van der Waals surface area contributed by atoms with Crippen molar-refractivity contribution >= 4 is 14.2 Å². The molecule has 110 valence electrons. The van der Waals surface area contributed by atoms with E-state index in [0.29, 0.717) is 0 Å². The monoisotopic (exact) mass is 285 g/mol. The lowest BCUT2D eigenvalue weighted by Gasteiger charge is -2.42. The Bertz CT molecular complexity index is 375. The number of aliphatic hydroxyl groups is 1. The minimum Gasteiger partial charge on any atom is -0.410 e. The molecule has 19 heavy (non-hydrogen) atoms. The SMILES string of the molecule is C=C[C@]1(CO)NC(=O)[C@H](C)[C@@H]1O[Si](C)(C)C(C)(C)C. The number of hydrogen-bond acceptors (Lipinski definition) is 3. The third-order valence-corrected chi connectivity index (χ3v) is 9.04.